The summed E-state index contributed by atoms with van der Waals surface area (Å²) < 4.78 is 52.6. The molecule has 1 unspecified atom stereocenters. The maximum Gasteiger partial charge on any atom is 0.459 e. The summed E-state index contributed by atoms with van der Waals surface area (Å²) in [6, 6.07) is 9.99. The first-order chi connectivity index (χ1) is 20.1. The average molecular weight is 608 g/mol. The number of aromatic nitrogens is 3. The molecule has 1 saturated heterocycles. The number of ether oxygens (including phenoxy) is 2. The largest absolute Gasteiger partial charge is 0.465 e. The van der Waals surface area contributed by atoms with E-state index in [1.807, 2.05) is 0 Å². The molecule has 0 spiro atoms. The first kappa shape index (κ1) is 30.3. The van der Waals surface area contributed by atoms with E-state index in [1.165, 1.54) is 29.9 Å². The first-order valence-corrected chi connectivity index (χ1v) is 15.3. The van der Waals surface area contributed by atoms with Crippen molar-refractivity contribution < 1.29 is 42.5 Å². The number of anilines is 1. The molecule has 13 nitrogen and oxygen atoms in total. The molecule has 3 aromatic rings. The van der Waals surface area contributed by atoms with Crippen molar-refractivity contribution in [3.05, 3.63) is 54.5 Å². The predicted molar refractivity (Wildman–Crippen MR) is 148 cm³/mol. The van der Waals surface area contributed by atoms with Crippen LogP contribution in [0.25, 0.3) is 5.52 Å². The molecule has 3 heterocycles. The molecule has 0 amide bonds. The molecule has 42 heavy (non-hydrogen) atoms. The Balaban J connectivity index is 1.35. The van der Waals surface area contributed by atoms with E-state index in [-0.39, 0.29) is 23.9 Å². The molecule has 1 aromatic carbocycles. The molecular weight excluding hydrogens is 572 g/mol. The van der Waals surface area contributed by atoms with Crippen molar-refractivity contribution >= 4 is 25.1 Å². The molecule has 1 saturated carbocycles. The third-order valence-electron chi connectivity index (χ3n) is 7.65. The van der Waals surface area contributed by atoms with Crippen molar-refractivity contribution in [1.29, 1.82) is 0 Å². The number of nitrogen functional groups attached to an aromatic ring is 1. The predicted octanol–water partition coefficient (Wildman–Crippen LogP) is 2.87. The number of aliphatic hydroxyl groups excluding tert-OH is 1. The standard InChI is InChI=1S/C27H35FN5O8P/c1-3-4-5-9-14-38-24(35)17(2)32-42(37,40-18-10-7-6-8-11-18)41-25-26(15-28)27(25,36)22(34)21(39-26)19-12-13-20-23(29)30-16-31-33(19)20/h6-8,10-13,16-17,21-22,25,34,36H,3-5,9,14-15H2,1-2H3,(H,32,37)(H2,29,30,31)/t17-,21-,22-,25?,26+,27+,42+/m0/s1. The molecule has 2 fully saturated rings. The van der Waals surface area contributed by atoms with Crippen LogP contribution in [0.1, 0.15) is 51.3 Å². The molecule has 5 N–H and O–H groups in total. The molecule has 2 aromatic heterocycles. The van der Waals surface area contributed by atoms with Crippen LogP contribution >= 0.6 is 7.75 Å². The Kier molecular flexibility index (Phi) is 8.57. The third kappa shape index (κ3) is 5.27. The molecule has 5 rings (SSSR count). The zero-order valence-electron chi connectivity index (χ0n) is 23.3. The lowest BCUT2D eigenvalue weighted by Gasteiger charge is -2.27. The number of rotatable bonds is 14. The SMILES string of the molecule is CCCCCCOC(=O)[C@H](C)N[P@@](=O)(Oc1ccccc1)OC1[C@@]2(CF)O[C@@H](c3ccc4c(N)ncnn34)[C@H](O)[C@@]12O. The minimum atomic E-state index is -4.51. The lowest BCUT2D eigenvalue weighted by atomic mass is 10.0. The van der Waals surface area contributed by atoms with Gasteiger partial charge < -0.3 is 29.9 Å². The van der Waals surface area contributed by atoms with E-state index in [1.54, 1.807) is 30.3 Å². The van der Waals surface area contributed by atoms with Crippen molar-refractivity contribution in [2.45, 2.75) is 75.1 Å². The number of carbonyl (C=O) groups is 1. The van der Waals surface area contributed by atoms with Crippen molar-refractivity contribution in [1.82, 2.24) is 19.7 Å². The Morgan fingerprint density at radius 2 is 2.02 bits per heavy atom. The number of nitrogens with zero attached hydrogens (tertiary/aromatic N) is 3. The third-order valence-corrected chi connectivity index (χ3v) is 9.30. The fourth-order valence-electron chi connectivity index (χ4n) is 5.30. The van der Waals surface area contributed by atoms with Crippen LogP contribution in [0.3, 0.4) is 0 Å². The molecule has 1 aliphatic heterocycles. The van der Waals surface area contributed by atoms with Crippen LogP contribution in [0.5, 0.6) is 5.75 Å². The van der Waals surface area contributed by atoms with Crippen molar-refractivity contribution in [2.75, 3.05) is 19.0 Å². The number of nitrogens with two attached hydrogens (primary N) is 1. The van der Waals surface area contributed by atoms with Gasteiger partial charge in [0.15, 0.2) is 17.0 Å². The summed E-state index contributed by atoms with van der Waals surface area (Å²) in [4.78, 5) is 16.5. The Hall–Kier alpha value is -3.13. The maximum atomic E-state index is 14.7. The van der Waals surface area contributed by atoms with Crippen molar-refractivity contribution in [3.8, 4) is 5.75 Å². The molecule has 1 aliphatic carbocycles. The van der Waals surface area contributed by atoms with Crippen molar-refractivity contribution in [2.24, 2.45) is 0 Å². The lowest BCUT2D eigenvalue weighted by Crippen LogP contribution is -2.38. The van der Waals surface area contributed by atoms with Crippen molar-refractivity contribution in [3.63, 3.8) is 0 Å². The quantitative estimate of drug-likeness (QED) is 0.120. The summed E-state index contributed by atoms with van der Waals surface area (Å²) in [6.45, 7) is 2.38. The highest BCUT2D eigenvalue weighted by Gasteiger charge is 2.89. The van der Waals surface area contributed by atoms with Gasteiger partial charge in [-0.2, -0.15) is 10.2 Å². The fourth-order valence-corrected chi connectivity index (χ4v) is 7.05. The number of hydrogen-bond acceptors (Lipinski definition) is 11. The molecule has 15 heteroatoms. The van der Waals surface area contributed by atoms with E-state index in [4.69, 9.17) is 24.3 Å². The van der Waals surface area contributed by atoms with E-state index >= 15 is 0 Å². The van der Waals surface area contributed by atoms with Crippen LogP contribution < -0.4 is 15.3 Å². The molecule has 228 valence electrons. The summed E-state index contributed by atoms with van der Waals surface area (Å²) in [5.74, 6) is -0.399. The summed E-state index contributed by atoms with van der Waals surface area (Å²) >= 11 is 0. The second-order valence-electron chi connectivity index (χ2n) is 10.5. The molecule has 7 atom stereocenters. The Bertz CT molecular complexity index is 1460. The topological polar surface area (TPSA) is 180 Å². The van der Waals surface area contributed by atoms with E-state index in [9.17, 15) is 24.0 Å². The van der Waals surface area contributed by atoms with Crippen LogP contribution in [-0.2, 0) is 23.4 Å². The highest BCUT2D eigenvalue weighted by atomic mass is 31.2. The number of halogens is 1. The number of para-hydroxylation sites is 1. The van der Waals surface area contributed by atoms with Gasteiger partial charge in [0, 0.05) is 0 Å². The van der Waals surface area contributed by atoms with Gasteiger partial charge in [0.05, 0.1) is 12.3 Å². The zero-order chi connectivity index (χ0) is 30.1. The van der Waals surface area contributed by atoms with E-state index in [0.29, 0.717) is 11.9 Å². The van der Waals surface area contributed by atoms with Gasteiger partial charge in [0.1, 0.15) is 48.6 Å². The van der Waals surface area contributed by atoms with E-state index in [2.05, 4.69) is 22.1 Å². The Labute approximate surface area is 241 Å². The highest BCUT2D eigenvalue weighted by Crippen LogP contribution is 2.68. The highest BCUT2D eigenvalue weighted by molar-refractivity contribution is 7.52. The van der Waals surface area contributed by atoms with E-state index in [0.717, 1.165) is 19.3 Å². The molecule has 0 radical (unpaired) electrons. The van der Waals surface area contributed by atoms with Gasteiger partial charge in [0.2, 0.25) is 0 Å². The second kappa shape index (κ2) is 11.9. The number of carbonyl (C=O) groups excluding carboxylic acids is 1. The number of benzene rings is 1. The summed E-state index contributed by atoms with van der Waals surface area (Å²) in [5, 5.41) is 29.3. The fraction of sp³-hybridized carbons (Fsp3) is 0.519. The second-order valence-corrected chi connectivity index (χ2v) is 12.1. The van der Waals surface area contributed by atoms with Crippen LogP contribution in [0.4, 0.5) is 10.2 Å². The van der Waals surface area contributed by atoms with Gasteiger partial charge in [-0.25, -0.2) is 18.5 Å². The van der Waals surface area contributed by atoms with Gasteiger partial charge in [0.25, 0.3) is 0 Å². The number of hydrogen-bond donors (Lipinski definition) is 4. The Morgan fingerprint density at radius 3 is 2.71 bits per heavy atom. The molecule has 0 bridgehead atoms. The minimum Gasteiger partial charge on any atom is -0.465 e. The van der Waals surface area contributed by atoms with Gasteiger partial charge in [-0.15, -0.1) is 0 Å². The summed E-state index contributed by atoms with van der Waals surface area (Å²) in [7, 11) is -4.51. The normalized spacial score (nSPS) is 28.6. The minimum absolute atomic E-state index is 0.122. The molecule has 2 aliphatic rings. The van der Waals surface area contributed by atoms with Gasteiger partial charge in [-0.3, -0.25) is 9.32 Å². The van der Waals surface area contributed by atoms with Crippen LogP contribution in [-0.4, -0.2) is 73.5 Å². The number of unbranched alkanes of at least 4 members (excludes halogenated alkanes) is 3. The average Bonchev–Trinajstić information content (AvgIpc) is 3.22. The number of esters is 1. The van der Waals surface area contributed by atoms with Crippen LogP contribution in [0, 0.1) is 0 Å². The summed E-state index contributed by atoms with van der Waals surface area (Å²) in [6.07, 6.45) is 0.263. The smallest absolute Gasteiger partial charge is 0.459 e. The monoisotopic (exact) mass is 607 g/mol. The number of fused-ring (bicyclic) bond motifs is 2. The number of nitrogens with one attached hydrogen (secondary N) is 1. The maximum absolute atomic E-state index is 14.7. The van der Waals surface area contributed by atoms with Crippen LogP contribution in [0.2, 0.25) is 0 Å². The van der Waals surface area contributed by atoms with E-state index < -0.39 is 55.9 Å². The van der Waals surface area contributed by atoms with Gasteiger partial charge >= 0.3 is 13.7 Å². The lowest BCUT2D eigenvalue weighted by molar-refractivity contribution is -0.145. The number of aliphatic hydroxyl groups is 2. The zero-order valence-corrected chi connectivity index (χ0v) is 24.2. The number of alkyl halides is 1. The van der Waals surface area contributed by atoms with Crippen LogP contribution in [0.15, 0.2) is 48.8 Å². The Morgan fingerprint density at radius 1 is 1.26 bits per heavy atom. The molecular formula is C27H35FN5O8P. The first-order valence-electron chi connectivity index (χ1n) is 13.8. The van der Waals surface area contributed by atoms with Gasteiger partial charge in [-0.1, -0.05) is 44.4 Å². The van der Waals surface area contributed by atoms with Gasteiger partial charge in [-0.05, 0) is 37.6 Å². The summed E-state index contributed by atoms with van der Waals surface area (Å²) in [5.41, 5.74) is 2.21.